The molecular weight excluding hydrogens is 456 g/mol. The molecule has 10 heteroatoms. The molecule has 1 aromatic heterocycles. The highest BCUT2D eigenvalue weighted by Gasteiger charge is 2.42. The Bertz CT molecular complexity index is 1150. The van der Waals surface area contributed by atoms with Crippen LogP contribution >= 0.6 is 0 Å². The van der Waals surface area contributed by atoms with Gasteiger partial charge in [0.25, 0.3) is 5.91 Å². The van der Waals surface area contributed by atoms with Crippen LogP contribution in [0.2, 0.25) is 0 Å². The number of rotatable bonds is 8. The molecule has 2 aliphatic heterocycles. The van der Waals surface area contributed by atoms with E-state index in [9.17, 15) is 18.0 Å². The summed E-state index contributed by atoms with van der Waals surface area (Å²) in [5.74, 6) is -0.539. The first-order valence-corrected chi connectivity index (χ1v) is 13.5. The van der Waals surface area contributed by atoms with Crippen LogP contribution in [0.25, 0.3) is 0 Å². The first-order chi connectivity index (χ1) is 16.1. The van der Waals surface area contributed by atoms with E-state index in [0.717, 1.165) is 12.0 Å². The highest BCUT2D eigenvalue weighted by Crippen LogP contribution is 2.38. The molecule has 0 aliphatic carbocycles. The first-order valence-electron chi connectivity index (χ1n) is 11.9. The lowest BCUT2D eigenvalue weighted by molar-refractivity contribution is -0.150. The Balaban J connectivity index is 1.52. The summed E-state index contributed by atoms with van der Waals surface area (Å²) in [5.41, 5.74) is -0.0130. The van der Waals surface area contributed by atoms with Gasteiger partial charge in [0.15, 0.2) is 0 Å². The largest absolute Gasteiger partial charge is 0.421 e. The number of amides is 1. The van der Waals surface area contributed by atoms with Gasteiger partial charge in [0.05, 0.1) is 5.75 Å². The number of carbonyl (C=O) groups excluding carboxylic acids is 2. The smallest absolute Gasteiger partial charge is 0.291 e. The van der Waals surface area contributed by atoms with Crippen LogP contribution in [-0.4, -0.2) is 52.6 Å². The zero-order chi connectivity index (χ0) is 24.5. The van der Waals surface area contributed by atoms with Crippen molar-refractivity contribution in [1.82, 2.24) is 19.4 Å². The van der Waals surface area contributed by atoms with E-state index in [0.29, 0.717) is 38.8 Å². The molecule has 2 aliphatic rings. The molecule has 2 unspecified atom stereocenters. The van der Waals surface area contributed by atoms with E-state index in [1.54, 1.807) is 26.0 Å². The fourth-order valence-electron chi connectivity index (χ4n) is 4.55. The van der Waals surface area contributed by atoms with Crippen LogP contribution < -0.4 is 0 Å². The van der Waals surface area contributed by atoms with Crippen molar-refractivity contribution >= 4 is 21.7 Å². The molecule has 0 radical (unpaired) electrons. The van der Waals surface area contributed by atoms with Crippen LogP contribution in [0.3, 0.4) is 0 Å². The predicted octanol–water partition coefficient (Wildman–Crippen LogP) is 3.41. The number of sulfonamides is 1. The summed E-state index contributed by atoms with van der Waals surface area (Å²) in [5, 5.41) is 8.35. The number of hydrogen-bond donors (Lipinski definition) is 0. The van der Waals surface area contributed by atoms with E-state index in [4.69, 9.17) is 4.42 Å². The molecule has 0 bridgehead atoms. The molecule has 0 saturated carbocycles. The van der Waals surface area contributed by atoms with Crippen molar-refractivity contribution in [3.8, 4) is 0 Å². The Labute approximate surface area is 200 Å². The molecule has 34 heavy (non-hydrogen) atoms. The van der Waals surface area contributed by atoms with Gasteiger partial charge in [-0.2, -0.15) is 4.31 Å². The van der Waals surface area contributed by atoms with Crippen molar-refractivity contribution in [3.05, 3.63) is 47.7 Å². The molecule has 184 valence electrons. The van der Waals surface area contributed by atoms with Crippen LogP contribution in [0.15, 0.2) is 34.7 Å². The molecule has 0 spiro atoms. The molecule has 2 fully saturated rings. The van der Waals surface area contributed by atoms with Crippen molar-refractivity contribution in [3.63, 3.8) is 0 Å². The Kier molecular flexibility index (Phi) is 6.91. The number of Topliss-reactive ketones (excluding diaryl/α,β-unsaturated/α-hetero) is 1. The minimum atomic E-state index is -3.58. The van der Waals surface area contributed by atoms with E-state index in [1.165, 1.54) is 9.21 Å². The lowest BCUT2D eigenvalue weighted by atomic mass is 9.84. The third-order valence-corrected chi connectivity index (χ3v) is 8.84. The normalized spacial score (nSPS) is 21.8. The fourth-order valence-corrected chi connectivity index (χ4v) is 6.32. The Morgan fingerprint density at radius 3 is 2.32 bits per heavy atom. The molecular formula is C24H32N4O5S. The monoisotopic (exact) mass is 488 g/mol. The summed E-state index contributed by atoms with van der Waals surface area (Å²) < 4.78 is 33.7. The third-order valence-electron chi connectivity index (χ3n) is 6.99. The number of carbonyl (C=O) groups is 2. The molecule has 2 aromatic rings. The van der Waals surface area contributed by atoms with Gasteiger partial charge in [0, 0.05) is 18.5 Å². The minimum absolute atomic E-state index is 0.0917. The van der Waals surface area contributed by atoms with Crippen molar-refractivity contribution in [1.29, 1.82) is 0 Å². The summed E-state index contributed by atoms with van der Waals surface area (Å²) in [6.45, 7) is 6.28. The highest BCUT2D eigenvalue weighted by molar-refractivity contribution is 7.88. The number of benzene rings is 1. The van der Waals surface area contributed by atoms with Gasteiger partial charge >= 0.3 is 0 Å². The second-order valence-corrected chi connectivity index (χ2v) is 11.6. The van der Waals surface area contributed by atoms with E-state index in [1.807, 2.05) is 25.1 Å². The molecule has 4 rings (SSSR count). The van der Waals surface area contributed by atoms with Gasteiger partial charge in [0.2, 0.25) is 27.6 Å². The molecule has 2 saturated heterocycles. The van der Waals surface area contributed by atoms with Crippen molar-refractivity contribution in [2.75, 3.05) is 13.1 Å². The SMILES string of the molecule is CCC(C)(C)C(=O)C(=O)N1CCCC1c1nnc(C2CCCN2S(=O)(=O)Cc2ccccc2)o1. The van der Waals surface area contributed by atoms with Crippen LogP contribution in [-0.2, 0) is 25.4 Å². The molecule has 1 amide bonds. The number of nitrogens with zero attached hydrogens (tertiary/aromatic N) is 4. The van der Waals surface area contributed by atoms with Gasteiger partial charge < -0.3 is 9.32 Å². The summed E-state index contributed by atoms with van der Waals surface area (Å²) in [4.78, 5) is 27.2. The molecule has 9 nitrogen and oxygen atoms in total. The second kappa shape index (κ2) is 9.58. The van der Waals surface area contributed by atoms with Crippen LogP contribution in [0.5, 0.6) is 0 Å². The van der Waals surface area contributed by atoms with Crippen molar-refractivity contribution < 1.29 is 22.4 Å². The zero-order valence-electron chi connectivity index (χ0n) is 19.9. The average Bonchev–Trinajstić information content (AvgIpc) is 3.58. The van der Waals surface area contributed by atoms with Gasteiger partial charge in [0.1, 0.15) is 12.1 Å². The van der Waals surface area contributed by atoms with Crippen molar-refractivity contribution in [2.45, 2.75) is 70.7 Å². The standard InChI is InChI=1S/C24H32N4O5S/c1-4-24(2,3)20(29)23(30)27-14-8-12-18(27)21-25-26-22(33-21)19-13-9-15-28(19)34(31,32)16-17-10-6-5-7-11-17/h5-7,10-11,18-19H,4,8-9,12-16H2,1-3H3. The first kappa shape index (κ1) is 24.5. The van der Waals surface area contributed by atoms with Crippen LogP contribution in [0.1, 0.15) is 82.3 Å². The summed E-state index contributed by atoms with van der Waals surface area (Å²) in [6.07, 6.45) is 3.20. The zero-order valence-corrected chi connectivity index (χ0v) is 20.8. The number of hydrogen-bond acceptors (Lipinski definition) is 7. The molecule has 1 aromatic carbocycles. The number of ketones is 1. The third kappa shape index (κ3) is 4.79. The topological polar surface area (TPSA) is 114 Å². The predicted molar refractivity (Wildman–Crippen MR) is 125 cm³/mol. The maximum atomic E-state index is 13.1. The van der Waals surface area contributed by atoms with E-state index in [-0.39, 0.29) is 17.5 Å². The average molecular weight is 489 g/mol. The summed E-state index contributed by atoms with van der Waals surface area (Å²) >= 11 is 0. The Morgan fingerprint density at radius 2 is 1.65 bits per heavy atom. The van der Waals surface area contributed by atoms with Gasteiger partial charge in [-0.25, -0.2) is 8.42 Å². The minimum Gasteiger partial charge on any atom is -0.421 e. The lowest BCUT2D eigenvalue weighted by Crippen LogP contribution is -2.42. The summed E-state index contributed by atoms with van der Waals surface area (Å²) in [7, 11) is -3.58. The molecule has 0 N–H and O–H groups in total. The molecule has 3 heterocycles. The van der Waals surface area contributed by atoms with Gasteiger partial charge in [-0.1, -0.05) is 51.1 Å². The maximum absolute atomic E-state index is 13.1. The fraction of sp³-hybridized carbons (Fsp3) is 0.583. The van der Waals surface area contributed by atoms with Gasteiger partial charge in [-0.15, -0.1) is 10.2 Å². The maximum Gasteiger partial charge on any atom is 0.291 e. The van der Waals surface area contributed by atoms with Crippen LogP contribution in [0.4, 0.5) is 0 Å². The van der Waals surface area contributed by atoms with Crippen LogP contribution in [0, 0.1) is 5.41 Å². The Hall–Kier alpha value is -2.59. The van der Waals surface area contributed by atoms with Gasteiger partial charge in [-0.05, 0) is 37.7 Å². The van der Waals surface area contributed by atoms with E-state index < -0.39 is 39.2 Å². The number of aromatic nitrogens is 2. The van der Waals surface area contributed by atoms with Crippen molar-refractivity contribution in [2.24, 2.45) is 5.41 Å². The van der Waals surface area contributed by atoms with Gasteiger partial charge in [-0.3, -0.25) is 9.59 Å². The lowest BCUT2D eigenvalue weighted by Gasteiger charge is -2.26. The quantitative estimate of drug-likeness (QED) is 0.523. The highest BCUT2D eigenvalue weighted by atomic mass is 32.2. The number of likely N-dealkylation sites (tertiary alicyclic amines) is 1. The Morgan fingerprint density at radius 1 is 1.03 bits per heavy atom. The molecule has 2 atom stereocenters. The summed E-state index contributed by atoms with van der Waals surface area (Å²) in [6, 6.07) is 8.07. The van der Waals surface area contributed by atoms with E-state index >= 15 is 0 Å². The van der Waals surface area contributed by atoms with E-state index in [2.05, 4.69) is 10.2 Å². The second-order valence-electron chi connectivity index (χ2n) is 9.71.